The van der Waals surface area contributed by atoms with Crippen molar-refractivity contribution in [2.24, 2.45) is 0 Å². The van der Waals surface area contributed by atoms with Crippen LogP contribution in [-0.4, -0.2) is 46.8 Å². The molecule has 0 fully saturated rings. The number of carbonyl (C=O) groups is 2. The molecule has 29 heavy (non-hydrogen) atoms. The predicted molar refractivity (Wildman–Crippen MR) is 117 cm³/mol. The number of hydrogen-bond acceptors (Lipinski definition) is 3. The molecule has 2 aromatic carbocycles. The summed E-state index contributed by atoms with van der Waals surface area (Å²) in [7, 11) is 0. The number of rotatable bonds is 9. The maximum Gasteiger partial charge on any atom is 0.237 e. The maximum atomic E-state index is 13.1. The Hall–Kier alpha value is -2.66. The van der Waals surface area contributed by atoms with E-state index >= 15 is 0 Å². The van der Waals surface area contributed by atoms with Crippen LogP contribution in [0.2, 0.25) is 0 Å². The summed E-state index contributed by atoms with van der Waals surface area (Å²) in [6, 6.07) is 20.0. The van der Waals surface area contributed by atoms with Gasteiger partial charge in [0.2, 0.25) is 11.8 Å². The quantitative estimate of drug-likeness (QED) is 0.708. The van der Waals surface area contributed by atoms with Crippen molar-refractivity contribution in [1.82, 2.24) is 15.1 Å². The molecule has 0 spiro atoms. The van der Waals surface area contributed by atoms with E-state index in [1.54, 1.807) is 0 Å². The van der Waals surface area contributed by atoms with Crippen molar-refractivity contribution in [3.05, 3.63) is 71.8 Å². The lowest BCUT2D eigenvalue weighted by Crippen LogP contribution is -2.48. The van der Waals surface area contributed by atoms with Gasteiger partial charge in [-0.05, 0) is 38.4 Å². The first kappa shape index (κ1) is 22.6. The number of nitrogens with zero attached hydrogens (tertiary/aromatic N) is 2. The Balaban J connectivity index is 2.07. The number of benzene rings is 2. The average Bonchev–Trinajstić information content (AvgIpc) is 2.67. The van der Waals surface area contributed by atoms with Crippen LogP contribution >= 0.6 is 0 Å². The topological polar surface area (TPSA) is 52.7 Å². The van der Waals surface area contributed by atoms with E-state index in [4.69, 9.17) is 0 Å². The fourth-order valence-corrected chi connectivity index (χ4v) is 3.07. The van der Waals surface area contributed by atoms with Crippen molar-refractivity contribution in [2.45, 2.75) is 46.3 Å². The number of nitrogens with one attached hydrogen (secondary N) is 1. The highest BCUT2D eigenvalue weighted by molar-refractivity contribution is 5.81. The SMILES string of the molecule is CCN(CC(=O)NC(C)(C)C)CC(=O)N(Cc1ccccc1)Cc1ccccc1. The van der Waals surface area contributed by atoms with E-state index in [-0.39, 0.29) is 30.4 Å². The van der Waals surface area contributed by atoms with Crippen molar-refractivity contribution in [2.75, 3.05) is 19.6 Å². The number of amides is 2. The minimum Gasteiger partial charge on any atom is -0.350 e. The van der Waals surface area contributed by atoms with E-state index in [1.165, 1.54) is 0 Å². The molecule has 0 unspecified atom stereocenters. The summed E-state index contributed by atoms with van der Waals surface area (Å²) in [6.07, 6.45) is 0. The van der Waals surface area contributed by atoms with Gasteiger partial charge in [-0.3, -0.25) is 14.5 Å². The summed E-state index contributed by atoms with van der Waals surface area (Å²) in [5.41, 5.74) is 1.89. The second kappa shape index (κ2) is 10.8. The second-order valence-corrected chi connectivity index (χ2v) is 8.32. The van der Waals surface area contributed by atoms with Gasteiger partial charge in [-0.25, -0.2) is 0 Å². The highest BCUT2D eigenvalue weighted by Gasteiger charge is 2.21. The molecule has 0 aliphatic heterocycles. The maximum absolute atomic E-state index is 13.1. The summed E-state index contributed by atoms with van der Waals surface area (Å²) in [6.45, 7) is 9.97. The normalized spacial score (nSPS) is 11.3. The van der Waals surface area contributed by atoms with Gasteiger partial charge < -0.3 is 10.2 Å². The lowest BCUT2D eigenvalue weighted by Gasteiger charge is -2.28. The van der Waals surface area contributed by atoms with E-state index in [1.807, 2.05) is 98.2 Å². The molecule has 0 aliphatic rings. The largest absolute Gasteiger partial charge is 0.350 e. The fraction of sp³-hybridized carbons (Fsp3) is 0.417. The molecule has 5 heteroatoms. The zero-order valence-electron chi connectivity index (χ0n) is 18.0. The highest BCUT2D eigenvalue weighted by atomic mass is 16.2. The van der Waals surface area contributed by atoms with Crippen LogP contribution in [0.1, 0.15) is 38.8 Å². The Kier molecular flexibility index (Phi) is 8.40. The van der Waals surface area contributed by atoms with E-state index in [2.05, 4.69) is 5.32 Å². The van der Waals surface area contributed by atoms with Gasteiger partial charge in [-0.15, -0.1) is 0 Å². The molecule has 0 heterocycles. The van der Waals surface area contributed by atoms with Crippen LogP contribution in [0.4, 0.5) is 0 Å². The van der Waals surface area contributed by atoms with Crippen LogP contribution in [0.15, 0.2) is 60.7 Å². The standard InChI is InChI=1S/C24H33N3O2/c1-5-26(18-22(28)25-24(2,3)4)19-23(29)27(16-20-12-8-6-9-13-20)17-21-14-10-7-11-15-21/h6-15H,5,16-19H2,1-4H3,(H,25,28). The predicted octanol–water partition coefficient (Wildman–Crippen LogP) is 3.45. The van der Waals surface area contributed by atoms with Crippen LogP contribution in [0, 0.1) is 0 Å². The van der Waals surface area contributed by atoms with Crippen LogP contribution < -0.4 is 5.32 Å². The smallest absolute Gasteiger partial charge is 0.237 e. The molecule has 0 radical (unpaired) electrons. The third kappa shape index (κ3) is 8.48. The van der Waals surface area contributed by atoms with Crippen LogP contribution in [0.25, 0.3) is 0 Å². The fourth-order valence-electron chi connectivity index (χ4n) is 3.07. The molecule has 0 atom stereocenters. The number of hydrogen-bond donors (Lipinski definition) is 1. The van der Waals surface area contributed by atoms with Gasteiger partial charge in [0.05, 0.1) is 13.1 Å². The number of likely N-dealkylation sites (N-methyl/N-ethyl adjacent to an activating group) is 1. The summed E-state index contributed by atoms with van der Waals surface area (Å²) in [5.74, 6) is -0.0482. The van der Waals surface area contributed by atoms with Crippen molar-refractivity contribution in [3.8, 4) is 0 Å². The van der Waals surface area contributed by atoms with Gasteiger partial charge in [-0.2, -0.15) is 0 Å². The van der Waals surface area contributed by atoms with Crippen molar-refractivity contribution in [3.63, 3.8) is 0 Å². The third-order valence-corrected chi connectivity index (χ3v) is 4.47. The molecule has 0 saturated carbocycles. The molecular formula is C24H33N3O2. The molecule has 1 N–H and O–H groups in total. The van der Waals surface area contributed by atoms with E-state index < -0.39 is 0 Å². The van der Waals surface area contributed by atoms with Crippen molar-refractivity contribution < 1.29 is 9.59 Å². The van der Waals surface area contributed by atoms with Gasteiger partial charge >= 0.3 is 0 Å². The Morgan fingerprint density at radius 1 is 0.828 bits per heavy atom. The minimum atomic E-state index is -0.285. The van der Waals surface area contributed by atoms with Crippen molar-refractivity contribution >= 4 is 11.8 Å². The molecule has 2 aromatic rings. The lowest BCUT2D eigenvalue weighted by atomic mass is 10.1. The Labute approximate surface area is 174 Å². The molecule has 0 aromatic heterocycles. The molecule has 0 bridgehead atoms. The first-order valence-corrected chi connectivity index (χ1v) is 10.2. The Bertz CT molecular complexity index is 728. The molecule has 0 saturated heterocycles. The van der Waals surface area contributed by atoms with Crippen LogP contribution in [-0.2, 0) is 22.7 Å². The van der Waals surface area contributed by atoms with Crippen LogP contribution in [0.3, 0.4) is 0 Å². The van der Waals surface area contributed by atoms with E-state index in [0.717, 1.165) is 11.1 Å². The zero-order chi connectivity index (χ0) is 21.3. The molecule has 0 aliphatic carbocycles. The average molecular weight is 396 g/mol. The van der Waals surface area contributed by atoms with E-state index in [0.29, 0.717) is 19.6 Å². The van der Waals surface area contributed by atoms with E-state index in [9.17, 15) is 9.59 Å². The molecule has 156 valence electrons. The van der Waals surface area contributed by atoms with Gasteiger partial charge in [-0.1, -0.05) is 67.6 Å². The summed E-state index contributed by atoms with van der Waals surface area (Å²) in [5, 5.41) is 2.96. The minimum absolute atomic E-state index is 0.0168. The lowest BCUT2D eigenvalue weighted by molar-refractivity contribution is -0.134. The van der Waals surface area contributed by atoms with Crippen LogP contribution in [0.5, 0.6) is 0 Å². The van der Waals surface area contributed by atoms with Gasteiger partial charge in [0.25, 0.3) is 0 Å². The monoisotopic (exact) mass is 395 g/mol. The molecular weight excluding hydrogens is 362 g/mol. The summed E-state index contributed by atoms with van der Waals surface area (Å²) >= 11 is 0. The zero-order valence-corrected chi connectivity index (χ0v) is 18.0. The van der Waals surface area contributed by atoms with Gasteiger partial charge in [0, 0.05) is 18.6 Å². The Morgan fingerprint density at radius 2 is 1.31 bits per heavy atom. The number of carbonyl (C=O) groups excluding carboxylic acids is 2. The molecule has 2 rings (SSSR count). The first-order valence-electron chi connectivity index (χ1n) is 10.2. The summed E-state index contributed by atoms with van der Waals surface area (Å²) in [4.78, 5) is 29.2. The first-order chi connectivity index (χ1) is 13.8. The molecule has 5 nitrogen and oxygen atoms in total. The van der Waals surface area contributed by atoms with Crippen molar-refractivity contribution in [1.29, 1.82) is 0 Å². The second-order valence-electron chi connectivity index (χ2n) is 8.32. The third-order valence-electron chi connectivity index (χ3n) is 4.47. The summed E-state index contributed by atoms with van der Waals surface area (Å²) < 4.78 is 0. The molecule has 2 amide bonds. The van der Waals surface area contributed by atoms with Gasteiger partial charge in [0.15, 0.2) is 0 Å². The van der Waals surface area contributed by atoms with Gasteiger partial charge in [0.1, 0.15) is 0 Å². The highest BCUT2D eigenvalue weighted by Crippen LogP contribution is 2.11. The Morgan fingerprint density at radius 3 is 1.72 bits per heavy atom.